The van der Waals surface area contributed by atoms with Gasteiger partial charge in [-0.3, -0.25) is 4.79 Å². The van der Waals surface area contributed by atoms with E-state index in [-0.39, 0.29) is 11.7 Å². The quantitative estimate of drug-likeness (QED) is 0.850. The van der Waals surface area contributed by atoms with Gasteiger partial charge in [-0.15, -0.1) is 0 Å². The fourth-order valence-electron chi connectivity index (χ4n) is 2.79. The molecule has 0 radical (unpaired) electrons. The van der Waals surface area contributed by atoms with Crippen molar-refractivity contribution in [1.82, 2.24) is 10.6 Å². The molecule has 0 aromatic heterocycles. The molecule has 1 aliphatic heterocycles. The van der Waals surface area contributed by atoms with Crippen LogP contribution in [-0.2, 0) is 11.3 Å². The van der Waals surface area contributed by atoms with E-state index >= 15 is 0 Å². The number of piperidine rings is 1. The number of hydrogen-bond acceptors (Lipinski definition) is 2. The predicted octanol–water partition coefficient (Wildman–Crippen LogP) is 3.23. The maximum atomic E-state index is 13.4. The molecular formula is C16H22BrFN2O. The highest BCUT2D eigenvalue weighted by Crippen LogP contribution is 2.24. The molecule has 1 fully saturated rings. The minimum absolute atomic E-state index is 0.0457. The van der Waals surface area contributed by atoms with Crippen LogP contribution in [0.1, 0.15) is 31.7 Å². The number of carbonyl (C=O) groups excluding carboxylic acids is 1. The van der Waals surface area contributed by atoms with Gasteiger partial charge < -0.3 is 10.6 Å². The van der Waals surface area contributed by atoms with Crippen LogP contribution in [0.4, 0.5) is 4.39 Å². The van der Waals surface area contributed by atoms with Crippen LogP contribution in [0.15, 0.2) is 22.7 Å². The Labute approximate surface area is 133 Å². The Kier molecular flexibility index (Phi) is 6.18. The van der Waals surface area contributed by atoms with Gasteiger partial charge in [0.15, 0.2) is 0 Å². The highest BCUT2D eigenvalue weighted by Gasteiger charge is 2.21. The smallest absolute Gasteiger partial charge is 0.220 e. The van der Waals surface area contributed by atoms with Crippen molar-refractivity contribution < 1.29 is 9.18 Å². The molecule has 0 bridgehead atoms. The molecule has 0 spiro atoms. The van der Waals surface area contributed by atoms with Crippen molar-refractivity contribution in [2.75, 3.05) is 13.1 Å². The maximum absolute atomic E-state index is 13.4. The molecule has 21 heavy (non-hydrogen) atoms. The van der Waals surface area contributed by atoms with Gasteiger partial charge in [0.1, 0.15) is 5.82 Å². The molecule has 1 unspecified atom stereocenters. The molecule has 1 saturated heterocycles. The predicted molar refractivity (Wildman–Crippen MR) is 85.3 cm³/mol. The molecule has 2 rings (SSSR count). The van der Waals surface area contributed by atoms with Crippen molar-refractivity contribution in [1.29, 1.82) is 0 Å². The molecule has 5 heteroatoms. The molecule has 2 N–H and O–H groups in total. The Balaban J connectivity index is 1.77. The third-order valence-electron chi connectivity index (χ3n) is 4.17. The highest BCUT2D eigenvalue weighted by molar-refractivity contribution is 9.10. The lowest BCUT2D eigenvalue weighted by atomic mass is 9.84. The first-order chi connectivity index (χ1) is 10.1. The van der Waals surface area contributed by atoms with Gasteiger partial charge in [-0.25, -0.2) is 4.39 Å². The molecule has 1 amide bonds. The molecule has 0 aliphatic carbocycles. The summed E-state index contributed by atoms with van der Waals surface area (Å²) in [6.07, 6.45) is 2.84. The van der Waals surface area contributed by atoms with E-state index in [0.717, 1.165) is 31.5 Å². The summed E-state index contributed by atoms with van der Waals surface area (Å²) in [6, 6.07) is 4.92. The summed E-state index contributed by atoms with van der Waals surface area (Å²) in [5, 5.41) is 6.22. The molecule has 116 valence electrons. The zero-order valence-corrected chi connectivity index (χ0v) is 13.9. The van der Waals surface area contributed by atoms with E-state index in [1.54, 1.807) is 6.07 Å². The van der Waals surface area contributed by atoms with Gasteiger partial charge >= 0.3 is 0 Å². The lowest BCUT2D eigenvalue weighted by Gasteiger charge is -2.27. The van der Waals surface area contributed by atoms with Crippen molar-refractivity contribution in [2.45, 2.75) is 32.7 Å². The SMILES string of the molecule is CC(CC(=O)NCc1ccc(Br)c(F)c1)C1CCNCC1. The Morgan fingerprint density at radius 1 is 1.48 bits per heavy atom. The summed E-state index contributed by atoms with van der Waals surface area (Å²) in [4.78, 5) is 12.0. The number of amides is 1. The van der Waals surface area contributed by atoms with Crippen LogP contribution in [0, 0.1) is 17.7 Å². The zero-order valence-electron chi connectivity index (χ0n) is 12.3. The normalized spacial score (nSPS) is 17.5. The molecule has 1 heterocycles. The van der Waals surface area contributed by atoms with Crippen LogP contribution in [0.5, 0.6) is 0 Å². The van der Waals surface area contributed by atoms with E-state index in [1.165, 1.54) is 6.07 Å². The fourth-order valence-corrected chi connectivity index (χ4v) is 3.04. The monoisotopic (exact) mass is 356 g/mol. The number of hydrogen-bond donors (Lipinski definition) is 2. The van der Waals surface area contributed by atoms with E-state index in [2.05, 4.69) is 33.5 Å². The van der Waals surface area contributed by atoms with Crippen LogP contribution >= 0.6 is 15.9 Å². The van der Waals surface area contributed by atoms with Gasteiger partial charge in [-0.1, -0.05) is 13.0 Å². The van der Waals surface area contributed by atoms with E-state index in [0.29, 0.717) is 29.3 Å². The third-order valence-corrected chi connectivity index (χ3v) is 4.81. The number of carbonyl (C=O) groups is 1. The minimum Gasteiger partial charge on any atom is -0.352 e. The van der Waals surface area contributed by atoms with E-state index in [1.807, 2.05) is 6.07 Å². The Hall–Kier alpha value is -0.940. The third kappa shape index (κ3) is 5.08. The lowest BCUT2D eigenvalue weighted by Crippen LogP contribution is -2.33. The van der Waals surface area contributed by atoms with Crippen LogP contribution < -0.4 is 10.6 Å². The van der Waals surface area contributed by atoms with Gasteiger partial charge in [-0.05, 0) is 71.4 Å². The molecule has 1 aromatic rings. The summed E-state index contributed by atoms with van der Waals surface area (Å²) < 4.78 is 13.8. The Morgan fingerprint density at radius 2 is 2.19 bits per heavy atom. The summed E-state index contributed by atoms with van der Waals surface area (Å²) in [7, 11) is 0. The maximum Gasteiger partial charge on any atom is 0.220 e. The van der Waals surface area contributed by atoms with Crippen molar-refractivity contribution in [2.24, 2.45) is 11.8 Å². The molecular weight excluding hydrogens is 335 g/mol. The summed E-state index contributed by atoms with van der Waals surface area (Å²) in [5.74, 6) is 0.769. The second-order valence-corrected chi connectivity index (χ2v) is 6.65. The average Bonchev–Trinajstić information content (AvgIpc) is 2.49. The molecule has 3 nitrogen and oxygen atoms in total. The average molecular weight is 357 g/mol. The van der Waals surface area contributed by atoms with E-state index in [9.17, 15) is 9.18 Å². The Morgan fingerprint density at radius 3 is 2.86 bits per heavy atom. The van der Waals surface area contributed by atoms with Gasteiger partial charge in [0.25, 0.3) is 0 Å². The van der Waals surface area contributed by atoms with Crippen LogP contribution in [0.25, 0.3) is 0 Å². The zero-order chi connectivity index (χ0) is 15.2. The number of nitrogens with one attached hydrogen (secondary N) is 2. The van der Waals surface area contributed by atoms with Crippen molar-refractivity contribution in [3.05, 3.63) is 34.1 Å². The van der Waals surface area contributed by atoms with Gasteiger partial charge in [-0.2, -0.15) is 0 Å². The first-order valence-corrected chi connectivity index (χ1v) is 8.27. The molecule has 1 aromatic carbocycles. The van der Waals surface area contributed by atoms with Crippen LogP contribution in [0.3, 0.4) is 0 Å². The number of benzene rings is 1. The largest absolute Gasteiger partial charge is 0.352 e. The van der Waals surface area contributed by atoms with Crippen LogP contribution in [-0.4, -0.2) is 19.0 Å². The number of rotatable bonds is 5. The fraction of sp³-hybridized carbons (Fsp3) is 0.562. The molecule has 0 saturated carbocycles. The summed E-state index contributed by atoms with van der Waals surface area (Å²) >= 11 is 3.12. The Bertz CT molecular complexity index is 489. The number of halogens is 2. The standard InChI is InChI=1S/C16H22BrFN2O/c1-11(13-4-6-19-7-5-13)8-16(21)20-10-12-2-3-14(17)15(18)9-12/h2-3,9,11,13,19H,4-8,10H2,1H3,(H,20,21). The van der Waals surface area contributed by atoms with Gasteiger partial charge in [0, 0.05) is 13.0 Å². The second-order valence-electron chi connectivity index (χ2n) is 5.79. The molecule has 1 aliphatic rings. The van der Waals surface area contributed by atoms with Gasteiger partial charge in [0.2, 0.25) is 5.91 Å². The van der Waals surface area contributed by atoms with Crippen molar-refractivity contribution >= 4 is 21.8 Å². The lowest BCUT2D eigenvalue weighted by molar-refractivity contribution is -0.122. The second kappa shape index (κ2) is 7.90. The minimum atomic E-state index is -0.301. The van der Waals surface area contributed by atoms with Crippen LogP contribution in [0.2, 0.25) is 0 Å². The van der Waals surface area contributed by atoms with Gasteiger partial charge in [0.05, 0.1) is 4.47 Å². The first kappa shape index (κ1) is 16.4. The highest BCUT2D eigenvalue weighted by atomic mass is 79.9. The van der Waals surface area contributed by atoms with E-state index < -0.39 is 0 Å². The molecule has 1 atom stereocenters. The van der Waals surface area contributed by atoms with E-state index in [4.69, 9.17) is 0 Å². The summed E-state index contributed by atoms with van der Waals surface area (Å²) in [5.41, 5.74) is 0.776. The first-order valence-electron chi connectivity index (χ1n) is 7.47. The van der Waals surface area contributed by atoms with Crippen molar-refractivity contribution in [3.63, 3.8) is 0 Å². The topological polar surface area (TPSA) is 41.1 Å². The summed E-state index contributed by atoms with van der Waals surface area (Å²) in [6.45, 7) is 4.63. The van der Waals surface area contributed by atoms with Crippen molar-refractivity contribution in [3.8, 4) is 0 Å².